The smallest absolute Gasteiger partial charge is 0.259 e. The van der Waals surface area contributed by atoms with E-state index in [9.17, 15) is 9.59 Å². The summed E-state index contributed by atoms with van der Waals surface area (Å²) in [6.07, 6.45) is 0. The Hall–Kier alpha value is -3.02. The molecular weight excluding hydrogens is 330 g/mol. The van der Waals surface area contributed by atoms with E-state index in [-0.39, 0.29) is 25.0 Å². The third kappa shape index (κ3) is 5.81. The highest BCUT2D eigenvalue weighted by atomic mass is 16.5. The minimum absolute atomic E-state index is 0.0127. The van der Waals surface area contributed by atoms with Crippen LogP contribution in [-0.4, -0.2) is 50.5 Å². The van der Waals surface area contributed by atoms with Gasteiger partial charge in [-0.15, -0.1) is 0 Å². The number of ether oxygens (including phenoxy) is 1. The van der Waals surface area contributed by atoms with Crippen LogP contribution in [0.3, 0.4) is 0 Å². The van der Waals surface area contributed by atoms with E-state index >= 15 is 0 Å². The lowest BCUT2D eigenvalue weighted by atomic mass is 10.2. The maximum Gasteiger partial charge on any atom is 0.259 e. The van der Waals surface area contributed by atoms with Crippen molar-refractivity contribution >= 4 is 23.2 Å². The third-order valence-corrected chi connectivity index (χ3v) is 3.84. The van der Waals surface area contributed by atoms with E-state index < -0.39 is 0 Å². The molecule has 6 heteroatoms. The summed E-state index contributed by atoms with van der Waals surface area (Å²) in [6, 6.07) is 16.8. The molecule has 2 rings (SSSR count). The number of benzene rings is 2. The van der Waals surface area contributed by atoms with Gasteiger partial charge in [-0.3, -0.25) is 9.59 Å². The Labute approximate surface area is 154 Å². The fourth-order valence-corrected chi connectivity index (χ4v) is 2.31. The highest BCUT2D eigenvalue weighted by Gasteiger charge is 2.10. The molecule has 138 valence electrons. The van der Waals surface area contributed by atoms with Crippen LogP contribution in [0, 0.1) is 0 Å². The molecule has 0 aliphatic carbocycles. The second-order valence-electron chi connectivity index (χ2n) is 6.00. The predicted octanol–water partition coefficient (Wildman–Crippen LogP) is 2.62. The topological polar surface area (TPSA) is 61.9 Å². The number of nitrogens with one attached hydrogen (secondary N) is 1. The van der Waals surface area contributed by atoms with Gasteiger partial charge in [0.15, 0.2) is 6.61 Å². The van der Waals surface area contributed by atoms with E-state index in [1.54, 1.807) is 38.4 Å². The SMILES string of the molecule is CCN(CC(=O)Nc1ccc(OCC(=O)N(C)C)cc1)c1ccccc1. The van der Waals surface area contributed by atoms with E-state index in [1.807, 2.05) is 42.2 Å². The van der Waals surface area contributed by atoms with Crippen LogP contribution in [0.2, 0.25) is 0 Å². The van der Waals surface area contributed by atoms with Gasteiger partial charge in [0.05, 0.1) is 6.54 Å². The van der Waals surface area contributed by atoms with Crippen LogP contribution in [0.1, 0.15) is 6.92 Å². The van der Waals surface area contributed by atoms with E-state index in [0.29, 0.717) is 11.4 Å². The molecular formula is C20H25N3O3. The zero-order chi connectivity index (χ0) is 18.9. The van der Waals surface area contributed by atoms with Crippen LogP contribution >= 0.6 is 0 Å². The first-order chi connectivity index (χ1) is 12.5. The molecule has 6 nitrogen and oxygen atoms in total. The van der Waals surface area contributed by atoms with Crippen LogP contribution in [0.4, 0.5) is 11.4 Å². The second-order valence-corrected chi connectivity index (χ2v) is 6.00. The number of para-hydroxylation sites is 1. The van der Waals surface area contributed by atoms with Gasteiger partial charge < -0.3 is 19.9 Å². The molecule has 0 saturated heterocycles. The van der Waals surface area contributed by atoms with Crippen LogP contribution in [-0.2, 0) is 9.59 Å². The predicted molar refractivity (Wildman–Crippen MR) is 104 cm³/mol. The molecule has 0 bridgehead atoms. The second kappa shape index (κ2) is 9.46. The fourth-order valence-electron chi connectivity index (χ4n) is 2.31. The Kier molecular flexibility index (Phi) is 7.02. The molecule has 0 saturated carbocycles. The molecule has 0 unspecified atom stereocenters. The highest BCUT2D eigenvalue weighted by Crippen LogP contribution is 2.17. The number of carbonyl (C=O) groups is 2. The first kappa shape index (κ1) is 19.3. The van der Waals surface area contributed by atoms with E-state index in [1.165, 1.54) is 4.90 Å². The largest absolute Gasteiger partial charge is 0.484 e. The van der Waals surface area contributed by atoms with Gasteiger partial charge in [0.25, 0.3) is 5.91 Å². The molecule has 0 aromatic heterocycles. The van der Waals surface area contributed by atoms with Gasteiger partial charge >= 0.3 is 0 Å². The molecule has 2 aromatic carbocycles. The summed E-state index contributed by atoms with van der Waals surface area (Å²) < 4.78 is 5.42. The average Bonchev–Trinajstić information content (AvgIpc) is 2.65. The summed E-state index contributed by atoms with van der Waals surface area (Å²) in [5, 5.41) is 2.88. The van der Waals surface area contributed by atoms with Gasteiger partial charge in [-0.05, 0) is 43.3 Å². The fraction of sp³-hybridized carbons (Fsp3) is 0.300. The minimum atomic E-state index is -0.108. The van der Waals surface area contributed by atoms with Gasteiger partial charge in [0.2, 0.25) is 5.91 Å². The summed E-state index contributed by atoms with van der Waals surface area (Å²) in [5.74, 6) is 0.382. The molecule has 2 amide bonds. The lowest BCUT2D eigenvalue weighted by Gasteiger charge is -2.22. The number of hydrogen-bond donors (Lipinski definition) is 1. The van der Waals surface area contributed by atoms with Gasteiger partial charge in [-0.25, -0.2) is 0 Å². The van der Waals surface area contributed by atoms with Crippen LogP contribution in [0.15, 0.2) is 54.6 Å². The summed E-state index contributed by atoms with van der Waals surface area (Å²) in [6.45, 7) is 3.02. The summed E-state index contributed by atoms with van der Waals surface area (Å²) >= 11 is 0. The lowest BCUT2D eigenvalue weighted by Crippen LogP contribution is -2.33. The Morgan fingerprint density at radius 3 is 2.23 bits per heavy atom. The van der Waals surface area contributed by atoms with Gasteiger partial charge in [0.1, 0.15) is 5.75 Å². The molecule has 1 N–H and O–H groups in total. The van der Waals surface area contributed by atoms with Crippen molar-refractivity contribution in [3.63, 3.8) is 0 Å². The molecule has 0 atom stereocenters. The van der Waals surface area contributed by atoms with Crippen molar-refractivity contribution in [1.29, 1.82) is 0 Å². The number of hydrogen-bond acceptors (Lipinski definition) is 4. The Morgan fingerprint density at radius 1 is 1.00 bits per heavy atom. The van der Waals surface area contributed by atoms with Crippen molar-refractivity contribution in [3.05, 3.63) is 54.6 Å². The number of likely N-dealkylation sites (N-methyl/N-ethyl adjacent to an activating group) is 2. The first-order valence-electron chi connectivity index (χ1n) is 8.52. The lowest BCUT2D eigenvalue weighted by molar-refractivity contribution is -0.130. The zero-order valence-corrected chi connectivity index (χ0v) is 15.4. The molecule has 2 aromatic rings. The van der Waals surface area contributed by atoms with Gasteiger partial charge in [0, 0.05) is 32.0 Å². The Balaban J connectivity index is 1.87. The monoisotopic (exact) mass is 355 g/mol. The highest BCUT2D eigenvalue weighted by molar-refractivity contribution is 5.94. The molecule has 0 spiro atoms. The minimum Gasteiger partial charge on any atom is -0.484 e. The summed E-state index contributed by atoms with van der Waals surface area (Å²) in [7, 11) is 3.36. The number of anilines is 2. The number of rotatable bonds is 8. The van der Waals surface area contributed by atoms with Crippen molar-refractivity contribution in [2.75, 3.05) is 44.0 Å². The zero-order valence-electron chi connectivity index (χ0n) is 15.4. The molecule has 0 aliphatic heterocycles. The quantitative estimate of drug-likeness (QED) is 0.791. The van der Waals surface area contributed by atoms with Crippen molar-refractivity contribution < 1.29 is 14.3 Å². The van der Waals surface area contributed by atoms with E-state index in [2.05, 4.69) is 5.32 Å². The summed E-state index contributed by atoms with van der Waals surface area (Å²) in [4.78, 5) is 27.3. The van der Waals surface area contributed by atoms with Crippen LogP contribution in [0.25, 0.3) is 0 Å². The van der Waals surface area contributed by atoms with Crippen LogP contribution < -0.4 is 15.0 Å². The molecule has 26 heavy (non-hydrogen) atoms. The third-order valence-electron chi connectivity index (χ3n) is 3.84. The van der Waals surface area contributed by atoms with Crippen LogP contribution in [0.5, 0.6) is 5.75 Å². The van der Waals surface area contributed by atoms with Crippen molar-refractivity contribution in [2.24, 2.45) is 0 Å². The standard InChI is InChI=1S/C20H25N3O3/c1-4-23(17-8-6-5-7-9-17)14-19(24)21-16-10-12-18(13-11-16)26-15-20(25)22(2)3/h5-13H,4,14-15H2,1-3H3,(H,21,24). The first-order valence-corrected chi connectivity index (χ1v) is 8.52. The van der Waals surface area contributed by atoms with E-state index in [4.69, 9.17) is 4.74 Å². The molecule has 0 heterocycles. The Morgan fingerprint density at radius 2 is 1.65 bits per heavy atom. The van der Waals surface area contributed by atoms with Gasteiger partial charge in [-0.1, -0.05) is 18.2 Å². The number of amides is 2. The average molecular weight is 355 g/mol. The maximum atomic E-state index is 12.3. The van der Waals surface area contributed by atoms with Crippen molar-refractivity contribution in [3.8, 4) is 5.75 Å². The van der Waals surface area contributed by atoms with Crippen molar-refractivity contribution in [1.82, 2.24) is 4.90 Å². The van der Waals surface area contributed by atoms with E-state index in [0.717, 1.165) is 12.2 Å². The molecule has 0 aliphatic rings. The van der Waals surface area contributed by atoms with Crippen molar-refractivity contribution in [2.45, 2.75) is 6.92 Å². The van der Waals surface area contributed by atoms with Gasteiger partial charge in [-0.2, -0.15) is 0 Å². The maximum absolute atomic E-state index is 12.3. The normalized spacial score (nSPS) is 10.1. The number of nitrogens with zero attached hydrogens (tertiary/aromatic N) is 2. The summed E-state index contributed by atoms with van der Waals surface area (Å²) in [5.41, 5.74) is 1.70. The molecule has 0 fully saturated rings. The Bertz CT molecular complexity index is 715. The number of carbonyl (C=O) groups excluding carboxylic acids is 2. The molecule has 0 radical (unpaired) electrons.